The molecule has 7 nitrogen and oxygen atoms in total. The summed E-state index contributed by atoms with van der Waals surface area (Å²) in [5.41, 5.74) is 2.40. The maximum atomic E-state index is 12.5. The Morgan fingerprint density at radius 1 is 1.04 bits per heavy atom. The van der Waals surface area contributed by atoms with E-state index in [4.69, 9.17) is 0 Å². The van der Waals surface area contributed by atoms with Crippen molar-refractivity contribution in [1.29, 1.82) is 0 Å². The Balaban J connectivity index is 2.07. The highest BCUT2D eigenvalue weighted by molar-refractivity contribution is 7.89. The van der Waals surface area contributed by atoms with E-state index in [9.17, 15) is 16.8 Å². The molecule has 0 saturated carbocycles. The lowest BCUT2D eigenvalue weighted by atomic mass is 10.2. The van der Waals surface area contributed by atoms with Gasteiger partial charge >= 0.3 is 0 Å². The third kappa shape index (κ3) is 5.60. The van der Waals surface area contributed by atoms with Crippen molar-refractivity contribution in [2.45, 2.75) is 25.3 Å². The van der Waals surface area contributed by atoms with Crippen molar-refractivity contribution in [3.8, 4) is 0 Å². The van der Waals surface area contributed by atoms with Gasteiger partial charge in [-0.25, -0.2) is 21.6 Å². The van der Waals surface area contributed by atoms with Gasteiger partial charge in [0, 0.05) is 32.0 Å². The van der Waals surface area contributed by atoms with Crippen LogP contribution in [0.25, 0.3) is 0 Å². The normalized spacial score (nSPS) is 12.5. The first-order valence-corrected chi connectivity index (χ1v) is 11.3. The summed E-state index contributed by atoms with van der Waals surface area (Å²) in [5, 5.41) is 0. The lowest BCUT2D eigenvalue weighted by molar-refractivity contribution is 0.412. The number of aromatic nitrogens is 1. The molecule has 26 heavy (non-hydrogen) atoms. The fourth-order valence-corrected chi connectivity index (χ4v) is 4.59. The molecule has 2 aromatic rings. The average Bonchev–Trinajstić information content (AvgIpc) is 2.53. The summed E-state index contributed by atoms with van der Waals surface area (Å²) >= 11 is 0. The number of hydrogen-bond acceptors (Lipinski definition) is 5. The predicted octanol–water partition coefficient (Wildman–Crippen LogP) is 1.44. The smallest absolute Gasteiger partial charge is 0.240 e. The number of rotatable bonds is 8. The minimum absolute atomic E-state index is 0.0200. The van der Waals surface area contributed by atoms with E-state index >= 15 is 0 Å². The second kappa shape index (κ2) is 8.26. The lowest BCUT2D eigenvalue weighted by Crippen LogP contribution is -2.37. The monoisotopic (exact) mass is 397 g/mol. The third-order valence-corrected chi connectivity index (χ3v) is 6.72. The van der Waals surface area contributed by atoms with E-state index in [1.54, 1.807) is 49.6 Å². The highest BCUT2D eigenvalue weighted by Gasteiger charge is 2.20. The van der Waals surface area contributed by atoms with E-state index in [1.165, 1.54) is 4.31 Å². The molecule has 0 aliphatic carbocycles. The fraction of sp³-hybridized carbons (Fsp3) is 0.353. The molecule has 0 unspecified atom stereocenters. The van der Waals surface area contributed by atoms with Crippen LogP contribution in [0.5, 0.6) is 0 Å². The maximum Gasteiger partial charge on any atom is 0.240 e. The Hall–Kier alpha value is -1.81. The van der Waals surface area contributed by atoms with Gasteiger partial charge in [0.1, 0.15) is 0 Å². The molecule has 0 amide bonds. The van der Waals surface area contributed by atoms with Gasteiger partial charge in [-0.05, 0) is 43.2 Å². The Kier molecular flexibility index (Phi) is 6.51. The topological polar surface area (TPSA) is 96.4 Å². The van der Waals surface area contributed by atoms with E-state index in [0.717, 1.165) is 17.4 Å². The minimum atomic E-state index is -3.70. The molecule has 0 aliphatic rings. The first-order valence-electron chi connectivity index (χ1n) is 8.00. The fourth-order valence-electron chi connectivity index (χ4n) is 2.54. The summed E-state index contributed by atoms with van der Waals surface area (Å²) in [6.07, 6.45) is 4.27. The molecule has 0 aliphatic heterocycles. The largest absolute Gasteiger partial charge is 0.265 e. The SMILES string of the molecule is Cc1ccc(S(=O)(=O)NCCN(Cc2ccncc2)S(C)(=O)=O)c(C)c1. The Morgan fingerprint density at radius 3 is 2.27 bits per heavy atom. The third-order valence-electron chi connectivity index (χ3n) is 3.85. The Morgan fingerprint density at radius 2 is 1.69 bits per heavy atom. The molecule has 1 aromatic heterocycles. The molecule has 0 bridgehead atoms. The second-order valence-electron chi connectivity index (χ2n) is 6.12. The van der Waals surface area contributed by atoms with Crippen LogP contribution in [0.3, 0.4) is 0 Å². The quantitative estimate of drug-likeness (QED) is 0.727. The summed E-state index contributed by atoms with van der Waals surface area (Å²) in [6.45, 7) is 3.79. The van der Waals surface area contributed by atoms with Gasteiger partial charge in [-0.2, -0.15) is 4.31 Å². The van der Waals surface area contributed by atoms with Crippen LogP contribution in [-0.2, 0) is 26.6 Å². The van der Waals surface area contributed by atoms with Gasteiger partial charge in [-0.3, -0.25) is 4.98 Å². The number of aryl methyl sites for hydroxylation is 2. The van der Waals surface area contributed by atoms with E-state index in [-0.39, 0.29) is 24.5 Å². The molecule has 1 heterocycles. The molecule has 1 aromatic carbocycles. The van der Waals surface area contributed by atoms with Crippen LogP contribution >= 0.6 is 0 Å². The van der Waals surface area contributed by atoms with Gasteiger partial charge in [-0.15, -0.1) is 0 Å². The molecule has 0 radical (unpaired) electrons. The van der Waals surface area contributed by atoms with E-state index in [1.807, 2.05) is 6.92 Å². The maximum absolute atomic E-state index is 12.5. The van der Waals surface area contributed by atoms with Crippen LogP contribution in [0.15, 0.2) is 47.6 Å². The van der Waals surface area contributed by atoms with Crippen molar-refractivity contribution in [3.63, 3.8) is 0 Å². The van der Waals surface area contributed by atoms with Crippen LogP contribution in [0.4, 0.5) is 0 Å². The van der Waals surface area contributed by atoms with Crippen molar-refractivity contribution in [2.75, 3.05) is 19.3 Å². The zero-order chi connectivity index (χ0) is 19.4. The zero-order valence-corrected chi connectivity index (χ0v) is 16.6. The average molecular weight is 398 g/mol. The molecule has 0 spiro atoms. The van der Waals surface area contributed by atoms with Crippen molar-refractivity contribution < 1.29 is 16.8 Å². The van der Waals surface area contributed by atoms with Gasteiger partial charge in [0.25, 0.3) is 0 Å². The standard InChI is InChI=1S/C17H23N3O4S2/c1-14-4-5-17(15(2)12-14)26(23,24)19-10-11-20(25(3,21)22)13-16-6-8-18-9-7-16/h4-9,12,19H,10-11,13H2,1-3H3. The van der Waals surface area contributed by atoms with Gasteiger partial charge in [-0.1, -0.05) is 17.7 Å². The summed E-state index contributed by atoms with van der Waals surface area (Å²) in [4.78, 5) is 4.09. The van der Waals surface area contributed by atoms with Crippen LogP contribution in [-0.4, -0.2) is 45.5 Å². The predicted molar refractivity (Wildman–Crippen MR) is 101 cm³/mol. The van der Waals surface area contributed by atoms with E-state index in [2.05, 4.69) is 9.71 Å². The summed E-state index contributed by atoms with van der Waals surface area (Å²) in [5.74, 6) is 0. The van der Waals surface area contributed by atoms with Crippen molar-refractivity contribution in [1.82, 2.24) is 14.0 Å². The van der Waals surface area contributed by atoms with Crippen LogP contribution in [0.2, 0.25) is 0 Å². The van der Waals surface area contributed by atoms with E-state index in [0.29, 0.717) is 5.56 Å². The van der Waals surface area contributed by atoms with Gasteiger partial charge in [0.2, 0.25) is 20.0 Å². The van der Waals surface area contributed by atoms with Gasteiger partial charge in [0.05, 0.1) is 11.2 Å². The Labute approximate surface area is 155 Å². The first-order chi connectivity index (χ1) is 12.1. The van der Waals surface area contributed by atoms with Crippen LogP contribution < -0.4 is 4.72 Å². The molecule has 9 heteroatoms. The Bertz CT molecular complexity index is 959. The first kappa shape index (κ1) is 20.5. The lowest BCUT2D eigenvalue weighted by Gasteiger charge is -2.20. The van der Waals surface area contributed by atoms with Crippen molar-refractivity contribution in [3.05, 3.63) is 59.4 Å². The van der Waals surface area contributed by atoms with Crippen molar-refractivity contribution >= 4 is 20.0 Å². The zero-order valence-electron chi connectivity index (χ0n) is 15.0. The number of sulfonamides is 2. The minimum Gasteiger partial charge on any atom is -0.265 e. The van der Waals surface area contributed by atoms with Gasteiger partial charge < -0.3 is 0 Å². The molecule has 2 rings (SSSR count). The second-order valence-corrected chi connectivity index (χ2v) is 9.84. The molecule has 1 N–H and O–H groups in total. The number of pyridine rings is 1. The highest BCUT2D eigenvalue weighted by atomic mass is 32.2. The molecule has 142 valence electrons. The van der Waals surface area contributed by atoms with Crippen molar-refractivity contribution in [2.24, 2.45) is 0 Å². The molecule has 0 fully saturated rings. The van der Waals surface area contributed by atoms with Crippen LogP contribution in [0.1, 0.15) is 16.7 Å². The number of nitrogens with zero attached hydrogens (tertiary/aromatic N) is 2. The number of nitrogens with one attached hydrogen (secondary N) is 1. The molecular formula is C17H23N3O4S2. The van der Waals surface area contributed by atoms with E-state index < -0.39 is 20.0 Å². The summed E-state index contributed by atoms with van der Waals surface area (Å²) in [6, 6.07) is 8.52. The summed E-state index contributed by atoms with van der Waals surface area (Å²) < 4.78 is 52.6. The molecule has 0 atom stereocenters. The molecular weight excluding hydrogens is 374 g/mol. The number of benzene rings is 1. The van der Waals surface area contributed by atoms with Crippen LogP contribution in [0, 0.1) is 13.8 Å². The summed E-state index contributed by atoms with van der Waals surface area (Å²) in [7, 11) is -7.18. The number of hydrogen-bond donors (Lipinski definition) is 1. The van der Waals surface area contributed by atoms with Gasteiger partial charge in [0.15, 0.2) is 0 Å². The highest BCUT2D eigenvalue weighted by Crippen LogP contribution is 2.16. The molecule has 0 saturated heterocycles.